The number of halogens is 1. The van der Waals surface area contributed by atoms with E-state index in [4.69, 9.17) is 11.6 Å². The van der Waals surface area contributed by atoms with Crippen LogP contribution in [0.2, 0.25) is 4.34 Å². The third-order valence-electron chi connectivity index (χ3n) is 4.88. The van der Waals surface area contributed by atoms with Crippen LogP contribution in [-0.4, -0.2) is 34.9 Å². The van der Waals surface area contributed by atoms with Crippen LogP contribution in [0.1, 0.15) is 41.4 Å². The molecule has 2 atom stereocenters. The van der Waals surface area contributed by atoms with Crippen LogP contribution >= 0.6 is 22.9 Å². The quantitative estimate of drug-likeness (QED) is 0.614. The van der Waals surface area contributed by atoms with Gasteiger partial charge in [-0.25, -0.2) is 0 Å². The number of amides is 1. The average molecular weight is 394 g/mol. The first-order valence-electron chi connectivity index (χ1n) is 8.42. The highest BCUT2D eigenvalue weighted by Crippen LogP contribution is 2.39. The van der Waals surface area contributed by atoms with Gasteiger partial charge >= 0.3 is 0 Å². The Kier molecular flexibility index (Phi) is 5.60. The van der Waals surface area contributed by atoms with Crippen molar-refractivity contribution in [1.82, 2.24) is 10.2 Å². The number of thiophene rings is 1. The Morgan fingerprint density at radius 1 is 1.38 bits per heavy atom. The first-order valence-corrected chi connectivity index (χ1v) is 9.68. The van der Waals surface area contributed by atoms with Crippen LogP contribution in [-0.2, 0) is 6.42 Å². The minimum Gasteiger partial charge on any atom is -0.351 e. The van der Waals surface area contributed by atoms with Gasteiger partial charge in [-0.1, -0.05) is 11.6 Å². The maximum absolute atomic E-state index is 12.2. The largest absolute Gasteiger partial charge is 0.351 e. The first kappa shape index (κ1) is 18.8. The molecule has 0 aliphatic carbocycles. The highest BCUT2D eigenvalue weighted by molar-refractivity contribution is 7.14. The van der Waals surface area contributed by atoms with Crippen molar-refractivity contribution in [3.63, 3.8) is 0 Å². The number of carbonyl (C=O) groups excluding carboxylic acids is 1. The zero-order chi connectivity index (χ0) is 18.8. The number of fused-ring (bicyclic) bond motifs is 1. The van der Waals surface area contributed by atoms with E-state index < -0.39 is 4.92 Å². The predicted octanol–water partition coefficient (Wildman–Crippen LogP) is 4.05. The number of non-ortho nitro benzene ring substituents is 1. The van der Waals surface area contributed by atoms with Crippen molar-refractivity contribution in [2.75, 3.05) is 13.1 Å². The standard InChI is InChI=1S/C18H20ClN3O3S/c1-11-9-15-16(10-26-17(15)19)12(2)21(11)8-7-20-18(23)13-3-5-14(6-4-13)22(24)25/h3-6,10-12H,7-9H2,1-2H3,(H,20,23)/t11-,12-/m0/s1. The molecule has 0 bridgehead atoms. The van der Waals surface area contributed by atoms with Crippen molar-refractivity contribution < 1.29 is 9.72 Å². The summed E-state index contributed by atoms with van der Waals surface area (Å²) in [6, 6.07) is 6.23. The van der Waals surface area contributed by atoms with Crippen LogP contribution in [0.5, 0.6) is 0 Å². The summed E-state index contributed by atoms with van der Waals surface area (Å²) in [5, 5.41) is 15.7. The zero-order valence-electron chi connectivity index (χ0n) is 14.6. The molecule has 0 unspecified atom stereocenters. The molecule has 1 aliphatic rings. The number of rotatable bonds is 5. The molecule has 2 aromatic rings. The normalized spacial score (nSPS) is 19.8. The van der Waals surface area contributed by atoms with Crippen LogP contribution in [0.15, 0.2) is 29.6 Å². The fourth-order valence-corrected chi connectivity index (χ4v) is 4.67. The van der Waals surface area contributed by atoms with Gasteiger partial charge in [0.1, 0.15) is 0 Å². The number of carbonyl (C=O) groups is 1. The molecular weight excluding hydrogens is 374 g/mol. The second kappa shape index (κ2) is 7.73. The minimum absolute atomic E-state index is 0.0252. The molecule has 1 amide bonds. The van der Waals surface area contributed by atoms with Gasteiger partial charge in [-0.15, -0.1) is 11.3 Å². The summed E-state index contributed by atoms with van der Waals surface area (Å²) >= 11 is 7.86. The maximum Gasteiger partial charge on any atom is 0.269 e. The smallest absolute Gasteiger partial charge is 0.269 e. The number of hydrogen-bond donors (Lipinski definition) is 1. The van der Waals surface area contributed by atoms with Gasteiger partial charge in [0.05, 0.1) is 9.26 Å². The van der Waals surface area contributed by atoms with E-state index >= 15 is 0 Å². The minimum atomic E-state index is -0.480. The lowest BCUT2D eigenvalue weighted by Gasteiger charge is -2.39. The molecule has 0 fully saturated rings. The Morgan fingerprint density at radius 3 is 2.73 bits per heavy atom. The highest BCUT2D eigenvalue weighted by atomic mass is 35.5. The third-order valence-corrected chi connectivity index (χ3v) is 6.20. The Hall–Kier alpha value is -1.96. The summed E-state index contributed by atoms with van der Waals surface area (Å²) in [5.74, 6) is -0.225. The fourth-order valence-electron chi connectivity index (χ4n) is 3.44. The van der Waals surface area contributed by atoms with E-state index in [2.05, 4.69) is 29.4 Å². The van der Waals surface area contributed by atoms with E-state index in [0.29, 0.717) is 18.2 Å². The van der Waals surface area contributed by atoms with E-state index in [1.807, 2.05) is 0 Å². The molecule has 1 N–H and O–H groups in total. The van der Waals surface area contributed by atoms with Gasteiger partial charge < -0.3 is 5.32 Å². The summed E-state index contributed by atoms with van der Waals surface area (Å²) < 4.78 is 0.879. The molecular formula is C18H20ClN3O3S. The second-order valence-electron chi connectivity index (χ2n) is 6.47. The van der Waals surface area contributed by atoms with Gasteiger partial charge in [0, 0.05) is 42.9 Å². The van der Waals surface area contributed by atoms with E-state index in [-0.39, 0.29) is 17.6 Å². The Morgan fingerprint density at radius 2 is 2.08 bits per heavy atom. The van der Waals surface area contributed by atoms with E-state index in [1.165, 1.54) is 35.4 Å². The van der Waals surface area contributed by atoms with Crippen molar-refractivity contribution in [3.8, 4) is 0 Å². The molecule has 3 rings (SSSR count). The predicted molar refractivity (Wildman–Crippen MR) is 103 cm³/mol. The molecule has 138 valence electrons. The molecule has 26 heavy (non-hydrogen) atoms. The molecule has 2 heterocycles. The average Bonchev–Trinajstić information content (AvgIpc) is 2.98. The van der Waals surface area contributed by atoms with Crippen molar-refractivity contribution >= 4 is 34.5 Å². The first-order chi connectivity index (χ1) is 12.4. The molecule has 0 saturated heterocycles. The zero-order valence-corrected chi connectivity index (χ0v) is 16.1. The van der Waals surface area contributed by atoms with Crippen molar-refractivity contribution in [2.24, 2.45) is 0 Å². The number of nitro groups is 1. The van der Waals surface area contributed by atoms with Gasteiger partial charge in [0.25, 0.3) is 11.6 Å². The van der Waals surface area contributed by atoms with E-state index in [9.17, 15) is 14.9 Å². The monoisotopic (exact) mass is 393 g/mol. The van der Waals surface area contributed by atoms with Gasteiger partial charge in [0.15, 0.2) is 0 Å². The van der Waals surface area contributed by atoms with E-state index in [0.717, 1.165) is 17.3 Å². The summed E-state index contributed by atoms with van der Waals surface area (Å²) in [6.07, 6.45) is 0.915. The van der Waals surface area contributed by atoms with Crippen LogP contribution in [0, 0.1) is 10.1 Å². The fraction of sp³-hybridized carbons (Fsp3) is 0.389. The lowest BCUT2D eigenvalue weighted by molar-refractivity contribution is -0.384. The summed E-state index contributed by atoms with van der Waals surface area (Å²) in [5.41, 5.74) is 2.92. The lowest BCUT2D eigenvalue weighted by Crippen LogP contribution is -2.44. The number of benzene rings is 1. The molecule has 0 radical (unpaired) electrons. The molecule has 8 heteroatoms. The summed E-state index contributed by atoms with van der Waals surface area (Å²) in [7, 11) is 0. The van der Waals surface area contributed by atoms with E-state index in [1.54, 1.807) is 11.3 Å². The maximum atomic E-state index is 12.2. The number of hydrogen-bond acceptors (Lipinski definition) is 5. The van der Waals surface area contributed by atoms with Gasteiger partial charge in [-0.05, 0) is 48.9 Å². The number of nitro benzene ring substituents is 1. The summed E-state index contributed by atoms with van der Waals surface area (Å²) in [6.45, 7) is 5.58. The van der Waals surface area contributed by atoms with Crippen molar-refractivity contribution in [1.29, 1.82) is 0 Å². The van der Waals surface area contributed by atoms with Crippen LogP contribution in [0.4, 0.5) is 5.69 Å². The third kappa shape index (κ3) is 3.75. The summed E-state index contributed by atoms with van der Waals surface area (Å²) in [4.78, 5) is 24.8. The lowest BCUT2D eigenvalue weighted by atomic mass is 9.93. The second-order valence-corrected chi connectivity index (χ2v) is 7.95. The highest BCUT2D eigenvalue weighted by Gasteiger charge is 2.31. The molecule has 0 saturated carbocycles. The topological polar surface area (TPSA) is 75.5 Å². The molecule has 1 aliphatic heterocycles. The Bertz CT molecular complexity index is 822. The molecule has 1 aromatic heterocycles. The SMILES string of the molecule is C[C@H]1Cc2c(csc2Cl)[C@H](C)N1CCNC(=O)c1ccc([N+](=O)[O-])cc1. The molecule has 1 aromatic carbocycles. The molecule has 6 nitrogen and oxygen atoms in total. The number of nitrogens with one attached hydrogen (secondary N) is 1. The van der Waals surface area contributed by atoms with Gasteiger partial charge in [0.2, 0.25) is 0 Å². The Balaban J connectivity index is 1.57. The molecule has 0 spiro atoms. The van der Waals surface area contributed by atoms with Crippen molar-refractivity contribution in [3.05, 3.63) is 60.8 Å². The van der Waals surface area contributed by atoms with Crippen molar-refractivity contribution in [2.45, 2.75) is 32.4 Å². The number of nitrogens with zero attached hydrogens (tertiary/aromatic N) is 2. The van der Waals surface area contributed by atoms with Crippen LogP contribution in [0.25, 0.3) is 0 Å². The van der Waals surface area contributed by atoms with Gasteiger partial charge in [-0.3, -0.25) is 19.8 Å². The van der Waals surface area contributed by atoms with Crippen LogP contribution < -0.4 is 5.32 Å². The Labute approximate surface area is 160 Å². The van der Waals surface area contributed by atoms with Crippen LogP contribution in [0.3, 0.4) is 0 Å². The van der Waals surface area contributed by atoms with Gasteiger partial charge in [-0.2, -0.15) is 0 Å².